The first-order chi connectivity index (χ1) is 10.3. The van der Waals surface area contributed by atoms with E-state index in [9.17, 15) is 13.2 Å². The molecule has 0 unspecified atom stereocenters. The molecule has 1 amide bonds. The van der Waals surface area contributed by atoms with E-state index in [4.69, 9.17) is 0 Å². The highest BCUT2D eigenvalue weighted by atomic mass is 32.2. The smallest absolute Gasteiger partial charge is 0.251 e. The zero-order chi connectivity index (χ0) is 16.3. The van der Waals surface area contributed by atoms with E-state index in [-0.39, 0.29) is 10.8 Å². The van der Waals surface area contributed by atoms with Crippen molar-refractivity contribution in [3.8, 4) is 0 Å². The summed E-state index contributed by atoms with van der Waals surface area (Å²) in [5.41, 5.74) is 3.37. The molecule has 0 aliphatic heterocycles. The van der Waals surface area contributed by atoms with Gasteiger partial charge in [0.05, 0.1) is 22.6 Å². The van der Waals surface area contributed by atoms with Gasteiger partial charge in [-0.25, -0.2) is 17.7 Å². The van der Waals surface area contributed by atoms with Crippen molar-refractivity contribution >= 4 is 27.3 Å². The maximum Gasteiger partial charge on any atom is 0.251 e. The largest absolute Gasteiger partial charge is 0.346 e. The van der Waals surface area contributed by atoms with E-state index in [2.05, 4.69) is 10.3 Å². The van der Waals surface area contributed by atoms with E-state index >= 15 is 0 Å². The molecular formula is C14H17N3O3S2. The highest BCUT2D eigenvalue weighted by Crippen LogP contribution is 2.19. The molecule has 0 radical (unpaired) electrons. The van der Waals surface area contributed by atoms with E-state index in [0.29, 0.717) is 17.7 Å². The number of aromatic nitrogens is 1. The monoisotopic (exact) mass is 339 g/mol. The topological polar surface area (TPSA) is 79.4 Å². The Balaban J connectivity index is 2.24. The van der Waals surface area contributed by atoms with Crippen LogP contribution < -0.4 is 5.32 Å². The lowest BCUT2D eigenvalue weighted by atomic mass is 10.1. The minimum atomic E-state index is -3.58. The van der Waals surface area contributed by atoms with Gasteiger partial charge in [0.25, 0.3) is 5.91 Å². The maximum atomic E-state index is 12.3. The van der Waals surface area contributed by atoms with Gasteiger partial charge >= 0.3 is 0 Å². The minimum Gasteiger partial charge on any atom is -0.346 e. The van der Waals surface area contributed by atoms with Crippen molar-refractivity contribution in [3.05, 3.63) is 45.9 Å². The molecule has 0 saturated heterocycles. The number of sulfonamides is 1. The summed E-state index contributed by atoms with van der Waals surface area (Å²) in [5, 5.41) is 4.57. The highest BCUT2D eigenvalue weighted by Gasteiger charge is 2.21. The van der Waals surface area contributed by atoms with Crippen molar-refractivity contribution in [2.45, 2.75) is 18.4 Å². The Morgan fingerprint density at radius 1 is 1.36 bits per heavy atom. The second-order valence-electron chi connectivity index (χ2n) is 4.93. The van der Waals surface area contributed by atoms with Gasteiger partial charge in [-0.05, 0) is 24.6 Å². The highest BCUT2D eigenvalue weighted by molar-refractivity contribution is 7.89. The predicted octanol–water partition coefficient (Wildman–Crippen LogP) is 1.63. The molecule has 0 bridgehead atoms. The van der Waals surface area contributed by atoms with Gasteiger partial charge in [0.1, 0.15) is 0 Å². The predicted molar refractivity (Wildman–Crippen MR) is 85.3 cm³/mol. The van der Waals surface area contributed by atoms with Crippen LogP contribution >= 0.6 is 11.3 Å². The number of nitrogens with one attached hydrogen (secondary N) is 1. The van der Waals surface area contributed by atoms with Crippen molar-refractivity contribution in [3.63, 3.8) is 0 Å². The summed E-state index contributed by atoms with van der Waals surface area (Å²) >= 11 is 1.45. The summed E-state index contributed by atoms with van der Waals surface area (Å²) in [4.78, 5) is 16.4. The van der Waals surface area contributed by atoms with Crippen LogP contribution in [-0.4, -0.2) is 37.7 Å². The Labute approximate surface area is 133 Å². The molecule has 1 aromatic heterocycles. The van der Waals surface area contributed by atoms with E-state index in [1.807, 2.05) is 5.38 Å². The third-order valence-corrected chi connectivity index (χ3v) is 5.71. The summed E-state index contributed by atoms with van der Waals surface area (Å²) < 4.78 is 25.6. The molecule has 0 aliphatic rings. The van der Waals surface area contributed by atoms with Crippen LogP contribution in [0.1, 0.15) is 21.6 Å². The molecule has 6 nitrogen and oxygen atoms in total. The molecule has 0 aliphatic carbocycles. The molecule has 22 heavy (non-hydrogen) atoms. The molecule has 2 aromatic rings. The van der Waals surface area contributed by atoms with Gasteiger partial charge in [0, 0.05) is 25.0 Å². The van der Waals surface area contributed by atoms with E-state index in [1.54, 1.807) is 24.6 Å². The van der Waals surface area contributed by atoms with Crippen LogP contribution in [0.5, 0.6) is 0 Å². The fraction of sp³-hybridized carbons (Fsp3) is 0.286. The van der Waals surface area contributed by atoms with Gasteiger partial charge in [-0.2, -0.15) is 0 Å². The number of rotatable bonds is 5. The van der Waals surface area contributed by atoms with E-state index in [1.165, 1.54) is 31.5 Å². The average molecular weight is 339 g/mol. The third kappa shape index (κ3) is 3.52. The fourth-order valence-corrected chi connectivity index (χ4v) is 3.52. The average Bonchev–Trinajstić information content (AvgIpc) is 2.98. The third-order valence-electron chi connectivity index (χ3n) is 3.12. The van der Waals surface area contributed by atoms with Crippen LogP contribution in [-0.2, 0) is 16.6 Å². The summed E-state index contributed by atoms with van der Waals surface area (Å²) in [7, 11) is -0.655. The quantitative estimate of drug-likeness (QED) is 0.898. The molecule has 0 spiro atoms. The standard InChI is InChI=1S/C14H17N3O3S2/c1-10-4-5-11(6-13(10)22(19,20)17(2)3)14(18)15-7-12-8-21-9-16-12/h4-6,8-9H,7H2,1-3H3,(H,15,18). The number of hydrogen-bond donors (Lipinski definition) is 1. The Morgan fingerprint density at radius 3 is 2.68 bits per heavy atom. The van der Waals surface area contributed by atoms with Gasteiger partial charge in [0.15, 0.2) is 0 Å². The number of carbonyl (C=O) groups is 1. The maximum absolute atomic E-state index is 12.3. The van der Waals surface area contributed by atoms with Crippen LogP contribution in [0.25, 0.3) is 0 Å². The summed E-state index contributed by atoms with van der Waals surface area (Å²) in [6.07, 6.45) is 0. The van der Waals surface area contributed by atoms with Crippen molar-refractivity contribution in [1.82, 2.24) is 14.6 Å². The Kier molecular flexibility index (Phi) is 4.94. The molecule has 1 aromatic carbocycles. The summed E-state index contributed by atoms with van der Waals surface area (Å²) in [5.74, 6) is -0.330. The first-order valence-corrected chi connectivity index (χ1v) is 8.89. The molecule has 1 heterocycles. The Morgan fingerprint density at radius 2 is 2.09 bits per heavy atom. The number of aryl methyl sites for hydroxylation is 1. The number of carbonyl (C=O) groups excluding carboxylic acids is 1. The van der Waals surface area contributed by atoms with Crippen molar-refractivity contribution in [2.75, 3.05) is 14.1 Å². The lowest BCUT2D eigenvalue weighted by molar-refractivity contribution is 0.0950. The lowest BCUT2D eigenvalue weighted by Gasteiger charge is -2.14. The number of amides is 1. The molecule has 8 heteroatoms. The minimum absolute atomic E-state index is 0.138. The molecular weight excluding hydrogens is 322 g/mol. The second-order valence-corrected chi connectivity index (χ2v) is 7.77. The van der Waals surface area contributed by atoms with Gasteiger partial charge in [0.2, 0.25) is 10.0 Å². The fourth-order valence-electron chi connectivity index (χ4n) is 1.81. The SMILES string of the molecule is Cc1ccc(C(=O)NCc2cscn2)cc1S(=O)(=O)N(C)C. The zero-order valence-electron chi connectivity index (χ0n) is 12.5. The van der Waals surface area contributed by atoms with Crippen LogP contribution in [0, 0.1) is 6.92 Å². The normalized spacial score (nSPS) is 11.6. The lowest BCUT2D eigenvalue weighted by Crippen LogP contribution is -2.25. The van der Waals surface area contributed by atoms with Crippen molar-refractivity contribution < 1.29 is 13.2 Å². The van der Waals surface area contributed by atoms with Crippen LogP contribution in [0.4, 0.5) is 0 Å². The Hall–Kier alpha value is -1.77. The summed E-state index contributed by atoms with van der Waals surface area (Å²) in [6.45, 7) is 2.01. The van der Waals surface area contributed by atoms with Gasteiger partial charge < -0.3 is 5.32 Å². The molecule has 0 fully saturated rings. The van der Waals surface area contributed by atoms with Crippen LogP contribution in [0.15, 0.2) is 34.0 Å². The zero-order valence-corrected chi connectivity index (χ0v) is 14.2. The first-order valence-electron chi connectivity index (χ1n) is 6.51. The molecule has 0 saturated carbocycles. The number of thiazole rings is 1. The molecule has 2 rings (SSSR count). The van der Waals surface area contributed by atoms with Crippen LogP contribution in [0.2, 0.25) is 0 Å². The number of benzene rings is 1. The van der Waals surface area contributed by atoms with E-state index < -0.39 is 10.0 Å². The van der Waals surface area contributed by atoms with Crippen molar-refractivity contribution in [1.29, 1.82) is 0 Å². The van der Waals surface area contributed by atoms with Gasteiger partial charge in [-0.15, -0.1) is 11.3 Å². The molecule has 118 valence electrons. The Bertz CT molecular complexity index is 769. The van der Waals surface area contributed by atoms with Gasteiger partial charge in [-0.1, -0.05) is 6.07 Å². The van der Waals surface area contributed by atoms with Gasteiger partial charge in [-0.3, -0.25) is 4.79 Å². The van der Waals surface area contributed by atoms with E-state index in [0.717, 1.165) is 10.00 Å². The van der Waals surface area contributed by atoms with Crippen molar-refractivity contribution in [2.24, 2.45) is 0 Å². The van der Waals surface area contributed by atoms with Crippen LogP contribution in [0.3, 0.4) is 0 Å². The molecule has 1 N–H and O–H groups in total. The number of hydrogen-bond acceptors (Lipinski definition) is 5. The summed E-state index contributed by atoms with van der Waals surface area (Å²) in [6, 6.07) is 4.65. The first kappa shape index (κ1) is 16.6. The molecule has 0 atom stereocenters. The number of nitrogens with zero attached hydrogens (tertiary/aromatic N) is 2. The second kappa shape index (κ2) is 6.55.